The Balaban J connectivity index is 2.21. The van der Waals surface area contributed by atoms with Gasteiger partial charge in [-0.2, -0.15) is 0 Å². The Morgan fingerprint density at radius 1 is 1.00 bits per heavy atom. The van der Waals surface area contributed by atoms with Crippen molar-refractivity contribution in [2.24, 2.45) is 0 Å². The average Bonchev–Trinajstić information content (AvgIpc) is 2.37. The molecule has 1 nitrogen and oxygen atoms in total. The number of aliphatic hydroxyl groups is 1. The molecule has 0 saturated heterocycles. The Morgan fingerprint density at radius 2 is 1.60 bits per heavy atom. The Hall–Kier alpha value is -1.09. The molecule has 1 unspecified atom stereocenters. The maximum atomic E-state index is 13.7. The predicted octanol–water partition coefficient (Wildman–Crippen LogP) is 4.67. The van der Waals surface area contributed by atoms with Crippen molar-refractivity contribution in [3.8, 4) is 0 Å². The van der Waals surface area contributed by atoms with E-state index in [9.17, 15) is 9.50 Å². The third-order valence-electron chi connectivity index (χ3n) is 3.15. The molecule has 0 bridgehead atoms. The zero-order valence-electron chi connectivity index (χ0n) is 11.0. The second-order valence-corrected chi connectivity index (χ2v) is 5.96. The number of hydrogen-bond donors (Lipinski definition) is 1. The van der Waals surface area contributed by atoms with Crippen molar-refractivity contribution in [1.82, 2.24) is 0 Å². The van der Waals surface area contributed by atoms with E-state index < -0.39 is 5.60 Å². The smallest absolute Gasteiger partial charge is 0.126 e. The van der Waals surface area contributed by atoms with Gasteiger partial charge in [-0.1, -0.05) is 47.5 Å². The van der Waals surface area contributed by atoms with E-state index in [1.165, 1.54) is 6.07 Å². The van der Waals surface area contributed by atoms with Crippen LogP contribution in [0.5, 0.6) is 0 Å². The van der Waals surface area contributed by atoms with E-state index in [1.807, 2.05) is 0 Å². The van der Waals surface area contributed by atoms with Gasteiger partial charge in [0.25, 0.3) is 0 Å². The summed E-state index contributed by atoms with van der Waals surface area (Å²) in [5.41, 5.74) is 0.0226. The summed E-state index contributed by atoms with van der Waals surface area (Å²) >= 11 is 12.2. The quantitative estimate of drug-likeness (QED) is 0.870. The van der Waals surface area contributed by atoms with Crippen LogP contribution in [0.15, 0.2) is 42.5 Å². The van der Waals surface area contributed by atoms with Gasteiger partial charge in [0, 0.05) is 22.9 Å². The van der Waals surface area contributed by atoms with Gasteiger partial charge >= 0.3 is 0 Å². The first-order chi connectivity index (χ1) is 9.39. The third-order valence-corrected chi connectivity index (χ3v) is 3.86. The largest absolute Gasteiger partial charge is 0.389 e. The molecule has 0 spiro atoms. The molecule has 0 heterocycles. The Labute approximate surface area is 128 Å². The van der Waals surface area contributed by atoms with Crippen LogP contribution in [-0.4, -0.2) is 10.7 Å². The van der Waals surface area contributed by atoms with Crippen LogP contribution in [-0.2, 0) is 12.8 Å². The first kappa shape index (κ1) is 15.3. The summed E-state index contributed by atoms with van der Waals surface area (Å²) in [5, 5.41) is 11.5. The molecule has 2 aromatic rings. The van der Waals surface area contributed by atoms with Crippen LogP contribution >= 0.6 is 23.2 Å². The van der Waals surface area contributed by atoms with Crippen molar-refractivity contribution in [3.05, 3.63) is 69.5 Å². The molecule has 0 radical (unpaired) electrons. The van der Waals surface area contributed by atoms with Crippen LogP contribution in [0, 0.1) is 5.82 Å². The summed E-state index contributed by atoms with van der Waals surface area (Å²) in [6.45, 7) is 1.65. The Kier molecular flexibility index (Phi) is 4.69. The van der Waals surface area contributed by atoms with Crippen molar-refractivity contribution in [1.29, 1.82) is 0 Å². The molecule has 2 rings (SSSR count). The molecule has 0 aromatic heterocycles. The van der Waals surface area contributed by atoms with E-state index in [-0.39, 0.29) is 18.7 Å². The van der Waals surface area contributed by atoms with Crippen molar-refractivity contribution in [3.63, 3.8) is 0 Å². The fraction of sp³-hybridized carbons (Fsp3) is 0.250. The van der Waals surface area contributed by atoms with Crippen LogP contribution < -0.4 is 0 Å². The highest BCUT2D eigenvalue weighted by atomic mass is 35.5. The Morgan fingerprint density at radius 3 is 2.20 bits per heavy atom. The normalized spacial score (nSPS) is 14.1. The van der Waals surface area contributed by atoms with Crippen LogP contribution in [0.1, 0.15) is 18.1 Å². The molecule has 20 heavy (non-hydrogen) atoms. The van der Waals surface area contributed by atoms with Crippen molar-refractivity contribution < 1.29 is 9.50 Å². The fourth-order valence-electron chi connectivity index (χ4n) is 2.20. The second kappa shape index (κ2) is 6.13. The van der Waals surface area contributed by atoms with Gasteiger partial charge in [0.2, 0.25) is 0 Å². The van der Waals surface area contributed by atoms with Gasteiger partial charge in [-0.15, -0.1) is 0 Å². The molecule has 106 valence electrons. The van der Waals surface area contributed by atoms with Gasteiger partial charge in [-0.05, 0) is 36.2 Å². The molecule has 0 amide bonds. The maximum absolute atomic E-state index is 13.7. The summed E-state index contributed by atoms with van der Waals surface area (Å²) in [6, 6.07) is 11.6. The highest BCUT2D eigenvalue weighted by Crippen LogP contribution is 2.29. The van der Waals surface area contributed by atoms with Gasteiger partial charge in [0.05, 0.1) is 5.60 Å². The van der Waals surface area contributed by atoms with E-state index >= 15 is 0 Å². The SMILES string of the molecule is CC(O)(Cc1ccccc1F)Cc1c(Cl)cccc1Cl. The van der Waals surface area contributed by atoms with Gasteiger partial charge in [0.1, 0.15) is 5.82 Å². The molecular weight excluding hydrogens is 298 g/mol. The van der Waals surface area contributed by atoms with Crippen LogP contribution in [0.3, 0.4) is 0 Å². The van der Waals surface area contributed by atoms with Gasteiger partial charge < -0.3 is 5.11 Å². The van der Waals surface area contributed by atoms with Gasteiger partial charge in [0.15, 0.2) is 0 Å². The fourth-order valence-corrected chi connectivity index (χ4v) is 2.73. The van der Waals surface area contributed by atoms with E-state index in [0.29, 0.717) is 21.2 Å². The third kappa shape index (κ3) is 3.72. The molecule has 2 aromatic carbocycles. The van der Waals surface area contributed by atoms with E-state index in [2.05, 4.69) is 0 Å². The maximum Gasteiger partial charge on any atom is 0.126 e. The number of halogens is 3. The first-order valence-electron chi connectivity index (χ1n) is 6.28. The summed E-state index contributed by atoms with van der Waals surface area (Å²) < 4.78 is 13.7. The summed E-state index contributed by atoms with van der Waals surface area (Å²) in [5.74, 6) is -0.321. The Bertz CT molecular complexity index is 591. The molecule has 1 atom stereocenters. The van der Waals surface area contributed by atoms with E-state index in [4.69, 9.17) is 23.2 Å². The van der Waals surface area contributed by atoms with Gasteiger partial charge in [-0.3, -0.25) is 0 Å². The zero-order chi connectivity index (χ0) is 14.8. The van der Waals surface area contributed by atoms with E-state index in [0.717, 1.165) is 0 Å². The topological polar surface area (TPSA) is 20.2 Å². The second-order valence-electron chi connectivity index (χ2n) is 5.14. The minimum Gasteiger partial charge on any atom is -0.389 e. The van der Waals surface area contributed by atoms with Crippen molar-refractivity contribution >= 4 is 23.2 Å². The number of rotatable bonds is 4. The molecule has 0 saturated carbocycles. The van der Waals surface area contributed by atoms with Crippen LogP contribution in [0.25, 0.3) is 0 Å². The van der Waals surface area contributed by atoms with Crippen LogP contribution in [0.4, 0.5) is 4.39 Å². The molecule has 0 aliphatic rings. The lowest BCUT2D eigenvalue weighted by molar-refractivity contribution is 0.0599. The molecule has 4 heteroatoms. The first-order valence-corrected chi connectivity index (χ1v) is 7.03. The number of benzene rings is 2. The predicted molar refractivity (Wildman–Crippen MR) is 80.9 cm³/mol. The summed E-state index contributed by atoms with van der Waals surface area (Å²) in [6.07, 6.45) is 0.459. The van der Waals surface area contributed by atoms with Crippen LogP contribution in [0.2, 0.25) is 10.0 Å². The van der Waals surface area contributed by atoms with Crippen molar-refractivity contribution in [2.45, 2.75) is 25.4 Å². The molecule has 1 N–H and O–H groups in total. The summed E-state index contributed by atoms with van der Waals surface area (Å²) in [4.78, 5) is 0. The van der Waals surface area contributed by atoms with E-state index in [1.54, 1.807) is 43.3 Å². The highest BCUT2D eigenvalue weighted by molar-refractivity contribution is 6.36. The molecule has 0 aliphatic heterocycles. The molecule has 0 aliphatic carbocycles. The summed E-state index contributed by atoms with van der Waals surface area (Å²) in [7, 11) is 0. The van der Waals surface area contributed by atoms with Gasteiger partial charge in [-0.25, -0.2) is 4.39 Å². The standard InChI is InChI=1S/C16H15Cl2FO/c1-16(20,9-11-5-2-3-8-15(11)19)10-12-13(17)6-4-7-14(12)18/h2-8,20H,9-10H2,1H3. The van der Waals surface area contributed by atoms with Crippen molar-refractivity contribution in [2.75, 3.05) is 0 Å². The zero-order valence-corrected chi connectivity index (χ0v) is 12.5. The minimum atomic E-state index is -1.13. The lowest BCUT2D eigenvalue weighted by Crippen LogP contribution is -2.30. The highest BCUT2D eigenvalue weighted by Gasteiger charge is 2.25. The number of hydrogen-bond acceptors (Lipinski definition) is 1. The monoisotopic (exact) mass is 312 g/mol. The minimum absolute atomic E-state index is 0.196. The average molecular weight is 313 g/mol. The lowest BCUT2D eigenvalue weighted by Gasteiger charge is -2.25. The molecule has 0 fully saturated rings. The lowest BCUT2D eigenvalue weighted by atomic mass is 9.89. The molecular formula is C16H15Cl2FO.